The summed E-state index contributed by atoms with van der Waals surface area (Å²) < 4.78 is 0. The maximum absolute atomic E-state index is 10.8. The Kier molecular flexibility index (Phi) is 2.37. The average molecular weight is 200 g/mol. The van der Waals surface area contributed by atoms with Crippen molar-refractivity contribution in [1.82, 2.24) is 15.0 Å². The van der Waals surface area contributed by atoms with Gasteiger partial charge in [-0.15, -0.1) is 0 Å². The van der Waals surface area contributed by atoms with Crippen molar-refractivity contribution < 1.29 is 4.79 Å². The van der Waals surface area contributed by atoms with E-state index in [0.29, 0.717) is 5.69 Å². The summed E-state index contributed by atoms with van der Waals surface area (Å²) in [5, 5.41) is 0. The van der Waals surface area contributed by atoms with Crippen LogP contribution in [0.4, 0.5) is 0 Å². The first kappa shape index (κ1) is 9.26. The van der Waals surface area contributed by atoms with Crippen molar-refractivity contribution in [2.75, 3.05) is 0 Å². The Labute approximate surface area is 86.0 Å². The maximum atomic E-state index is 10.8. The highest BCUT2D eigenvalue weighted by Gasteiger charge is 2.03. The van der Waals surface area contributed by atoms with Crippen LogP contribution >= 0.6 is 0 Å². The third-order valence-corrected chi connectivity index (χ3v) is 1.87. The zero-order chi connectivity index (χ0) is 10.7. The molecule has 0 saturated carbocycles. The van der Waals surface area contributed by atoms with Crippen LogP contribution in [0.15, 0.2) is 36.9 Å². The zero-order valence-corrected chi connectivity index (χ0v) is 7.79. The summed E-state index contributed by atoms with van der Waals surface area (Å²) in [6.07, 6.45) is 6.36. The van der Waals surface area contributed by atoms with E-state index in [1.165, 1.54) is 0 Å². The van der Waals surface area contributed by atoms with Gasteiger partial charge in [0.15, 0.2) is 0 Å². The fourth-order valence-electron chi connectivity index (χ4n) is 1.14. The standard InChI is InChI=1S/C10H8N4O/c11-10(15)8-2-1-7(5-14-8)9-6-12-3-4-13-9/h1-6H,(H2,11,15). The third kappa shape index (κ3) is 1.96. The second-order valence-electron chi connectivity index (χ2n) is 2.89. The smallest absolute Gasteiger partial charge is 0.267 e. The topological polar surface area (TPSA) is 81.8 Å². The van der Waals surface area contributed by atoms with Crippen molar-refractivity contribution in [2.24, 2.45) is 5.73 Å². The zero-order valence-electron chi connectivity index (χ0n) is 7.79. The highest BCUT2D eigenvalue weighted by Crippen LogP contribution is 2.13. The number of carbonyl (C=O) groups excluding carboxylic acids is 1. The predicted molar refractivity (Wildman–Crippen MR) is 53.8 cm³/mol. The molecular formula is C10H8N4O. The van der Waals surface area contributed by atoms with Crippen LogP contribution in [-0.2, 0) is 0 Å². The number of carbonyl (C=O) groups is 1. The molecule has 0 aliphatic heterocycles. The summed E-state index contributed by atoms with van der Waals surface area (Å²) in [5.74, 6) is -0.541. The SMILES string of the molecule is NC(=O)c1ccc(-c2cnccn2)cn1. The number of nitrogens with two attached hydrogens (primary N) is 1. The number of rotatable bonds is 2. The van der Waals surface area contributed by atoms with Gasteiger partial charge in [-0.1, -0.05) is 0 Å². The van der Waals surface area contributed by atoms with Crippen molar-refractivity contribution >= 4 is 5.91 Å². The van der Waals surface area contributed by atoms with Crippen LogP contribution in [0.1, 0.15) is 10.5 Å². The van der Waals surface area contributed by atoms with Crippen LogP contribution in [0.2, 0.25) is 0 Å². The molecule has 2 aromatic heterocycles. The fraction of sp³-hybridized carbons (Fsp3) is 0. The van der Waals surface area contributed by atoms with E-state index < -0.39 is 5.91 Å². The number of hydrogen-bond acceptors (Lipinski definition) is 4. The Balaban J connectivity index is 2.36. The number of nitrogens with zero attached hydrogens (tertiary/aromatic N) is 3. The highest BCUT2D eigenvalue weighted by atomic mass is 16.1. The third-order valence-electron chi connectivity index (χ3n) is 1.87. The average Bonchev–Trinajstić information content (AvgIpc) is 2.30. The Morgan fingerprint density at radius 3 is 2.53 bits per heavy atom. The lowest BCUT2D eigenvalue weighted by atomic mass is 10.2. The van der Waals surface area contributed by atoms with Crippen molar-refractivity contribution in [1.29, 1.82) is 0 Å². The second kappa shape index (κ2) is 3.83. The molecule has 0 aliphatic carbocycles. The van der Waals surface area contributed by atoms with Crippen LogP contribution in [0.25, 0.3) is 11.3 Å². The van der Waals surface area contributed by atoms with Gasteiger partial charge in [-0.05, 0) is 12.1 Å². The van der Waals surface area contributed by atoms with E-state index in [9.17, 15) is 4.79 Å². The van der Waals surface area contributed by atoms with Crippen LogP contribution < -0.4 is 5.73 Å². The highest BCUT2D eigenvalue weighted by molar-refractivity contribution is 5.90. The summed E-state index contributed by atoms with van der Waals surface area (Å²) in [5.41, 5.74) is 6.82. The summed E-state index contributed by atoms with van der Waals surface area (Å²) in [4.78, 5) is 22.7. The molecule has 74 valence electrons. The molecule has 0 spiro atoms. The number of pyridine rings is 1. The lowest BCUT2D eigenvalue weighted by molar-refractivity contribution is 0.0995. The number of aromatic nitrogens is 3. The molecule has 0 atom stereocenters. The summed E-state index contributed by atoms with van der Waals surface area (Å²) in [6, 6.07) is 3.30. The first-order valence-corrected chi connectivity index (χ1v) is 4.29. The van der Waals surface area contributed by atoms with Gasteiger partial charge in [0.25, 0.3) is 5.91 Å². The summed E-state index contributed by atoms with van der Waals surface area (Å²) in [6.45, 7) is 0. The number of hydrogen-bond donors (Lipinski definition) is 1. The maximum Gasteiger partial charge on any atom is 0.267 e. The van der Waals surface area contributed by atoms with Crippen molar-refractivity contribution in [2.45, 2.75) is 0 Å². The van der Waals surface area contributed by atoms with E-state index in [2.05, 4.69) is 15.0 Å². The quantitative estimate of drug-likeness (QED) is 0.771. The van der Waals surface area contributed by atoms with Gasteiger partial charge in [-0.3, -0.25) is 19.7 Å². The number of primary amides is 1. The van der Waals surface area contributed by atoms with Gasteiger partial charge in [0.1, 0.15) is 5.69 Å². The van der Waals surface area contributed by atoms with Crippen LogP contribution in [0, 0.1) is 0 Å². The molecule has 0 aromatic carbocycles. The van der Waals surface area contributed by atoms with E-state index in [1.54, 1.807) is 36.9 Å². The summed E-state index contributed by atoms with van der Waals surface area (Å²) >= 11 is 0. The minimum Gasteiger partial charge on any atom is -0.364 e. The Bertz CT molecular complexity index is 467. The van der Waals surface area contributed by atoms with Gasteiger partial charge in [0.2, 0.25) is 0 Å². The molecule has 0 saturated heterocycles. The molecule has 0 aliphatic rings. The molecule has 0 fully saturated rings. The Morgan fingerprint density at radius 2 is 2.00 bits per heavy atom. The normalized spacial score (nSPS) is 9.87. The molecule has 2 aromatic rings. The van der Waals surface area contributed by atoms with Crippen LogP contribution in [-0.4, -0.2) is 20.9 Å². The van der Waals surface area contributed by atoms with Gasteiger partial charge < -0.3 is 5.73 Å². The Morgan fingerprint density at radius 1 is 1.13 bits per heavy atom. The van der Waals surface area contributed by atoms with Crippen LogP contribution in [0.3, 0.4) is 0 Å². The van der Waals surface area contributed by atoms with E-state index in [1.807, 2.05) is 0 Å². The van der Waals surface area contributed by atoms with E-state index in [-0.39, 0.29) is 5.69 Å². The molecule has 5 nitrogen and oxygen atoms in total. The molecule has 0 bridgehead atoms. The first-order valence-electron chi connectivity index (χ1n) is 4.29. The fourth-order valence-corrected chi connectivity index (χ4v) is 1.14. The largest absolute Gasteiger partial charge is 0.364 e. The molecule has 0 unspecified atom stereocenters. The monoisotopic (exact) mass is 200 g/mol. The van der Waals surface area contributed by atoms with E-state index in [0.717, 1.165) is 5.56 Å². The minimum absolute atomic E-state index is 0.239. The molecule has 15 heavy (non-hydrogen) atoms. The van der Waals surface area contributed by atoms with Gasteiger partial charge in [-0.25, -0.2) is 0 Å². The first-order chi connectivity index (χ1) is 7.27. The van der Waals surface area contributed by atoms with Crippen LogP contribution in [0.5, 0.6) is 0 Å². The second-order valence-corrected chi connectivity index (χ2v) is 2.89. The molecule has 2 heterocycles. The predicted octanol–water partition coefficient (Wildman–Crippen LogP) is 0.637. The summed E-state index contributed by atoms with van der Waals surface area (Å²) in [7, 11) is 0. The van der Waals surface area contributed by atoms with Gasteiger partial charge in [-0.2, -0.15) is 0 Å². The lowest BCUT2D eigenvalue weighted by Crippen LogP contribution is -2.12. The molecule has 1 amide bonds. The molecular weight excluding hydrogens is 192 g/mol. The van der Waals surface area contributed by atoms with E-state index in [4.69, 9.17) is 5.73 Å². The minimum atomic E-state index is -0.541. The van der Waals surface area contributed by atoms with Gasteiger partial charge >= 0.3 is 0 Å². The van der Waals surface area contributed by atoms with Gasteiger partial charge in [0, 0.05) is 24.2 Å². The van der Waals surface area contributed by atoms with Crippen molar-refractivity contribution in [3.8, 4) is 11.3 Å². The molecule has 0 radical (unpaired) electrons. The van der Waals surface area contributed by atoms with Crippen molar-refractivity contribution in [3.05, 3.63) is 42.6 Å². The Hall–Kier alpha value is -2.30. The number of amides is 1. The van der Waals surface area contributed by atoms with Gasteiger partial charge in [0.05, 0.1) is 11.9 Å². The molecule has 5 heteroatoms. The van der Waals surface area contributed by atoms with E-state index >= 15 is 0 Å². The van der Waals surface area contributed by atoms with Crippen molar-refractivity contribution in [3.63, 3.8) is 0 Å². The molecule has 2 N–H and O–H groups in total. The molecule has 2 rings (SSSR count). The lowest BCUT2D eigenvalue weighted by Gasteiger charge is -1.99.